The normalized spacial score (nSPS) is 12.3. The summed E-state index contributed by atoms with van der Waals surface area (Å²) in [7, 11) is 0. The number of benzene rings is 2. The van der Waals surface area contributed by atoms with Crippen LogP contribution in [0.1, 0.15) is 11.1 Å². The summed E-state index contributed by atoms with van der Waals surface area (Å²) in [5.41, 5.74) is 2.43. The molecule has 0 fully saturated rings. The summed E-state index contributed by atoms with van der Waals surface area (Å²) < 4.78 is 0. The van der Waals surface area contributed by atoms with Crippen LogP contribution in [0.4, 0.5) is 0 Å². The molecule has 1 aromatic heterocycles. The number of aldehydes is 1. The maximum absolute atomic E-state index is 12.0. The third-order valence-electron chi connectivity index (χ3n) is 4.00. The SMILES string of the molecule is O=C[C@H](Cc1c[nH]c2ccc(O)cc12)NC(=O)/C=C/c1ccc(O)cc1. The first-order valence-electron chi connectivity index (χ1n) is 8.07. The van der Waals surface area contributed by atoms with Gasteiger partial charge in [0.2, 0.25) is 5.91 Å². The number of rotatable bonds is 6. The third-order valence-corrected chi connectivity index (χ3v) is 4.00. The number of phenolic OH excluding ortho intramolecular Hbond substituents is 2. The van der Waals surface area contributed by atoms with Gasteiger partial charge < -0.3 is 25.3 Å². The monoisotopic (exact) mass is 350 g/mol. The number of carbonyl (C=O) groups excluding carboxylic acids is 2. The van der Waals surface area contributed by atoms with E-state index >= 15 is 0 Å². The molecule has 1 atom stereocenters. The molecule has 26 heavy (non-hydrogen) atoms. The highest BCUT2D eigenvalue weighted by molar-refractivity contribution is 5.93. The molecule has 3 rings (SSSR count). The van der Waals surface area contributed by atoms with Crippen LogP contribution in [-0.4, -0.2) is 33.4 Å². The van der Waals surface area contributed by atoms with Gasteiger partial charge in [0.15, 0.2) is 0 Å². The summed E-state index contributed by atoms with van der Waals surface area (Å²) in [6.07, 6.45) is 5.70. The molecule has 4 N–H and O–H groups in total. The number of nitrogens with one attached hydrogen (secondary N) is 2. The highest BCUT2D eigenvalue weighted by Gasteiger charge is 2.14. The lowest BCUT2D eigenvalue weighted by Crippen LogP contribution is -2.36. The van der Waals surface area contributed by atoms with E-state index in [0.29, 0.717) is 12.7 Å². The van der Waals surface area contributed by atoms with Gasteiger partial charge in [0, 0.05) is 29.6 Å². The van der Waals surface area contributed by atoms with Crippen LogP contribution in [0, 0.1) is 0 Å². The Hall–Kier alpha value is -3.54. The van der Waals surface area contributed by atoms with E-state index in [4.69, 9.17) is 0 Å². The van der Waals surface area contributed by atoms with Crippen molar-refractivity contribution in [3.63, 3.8) is 0 Å². The van der Waals surface area contributed by atoms with E-state index in [1.54, 1.807) is 42.6 Å². The number of hydrogen-bond acceptors (Lipinski definition) is 4. The van der Waals surface area contributed by atoms with Gasteiger partial charge in [-0.15, -0.1) is 0 Å². The van der Waals surface area contributed by atoms with Crippen molar-refractivity contribution in [2.24, 2.45) is 0 Å². The molecule has 3 aromatic rings. The van der Waals surface area contributed by atoms with Gasteiger partial charge in [0.1, 0.15) is 17.8 Å². The van der Waals surface area contributed by atoms with Crippen molar-refractivity contribution in [3.8, 4) is 11.5 Å². The van der Waals surface area contributed by atoms with Gasteiger partial charge in [-0.2, -0.15) is 0 Å². The molecule has 0 saturated heterocycles. The molecule has 2 aromatic carbocycles. The number of phenols is 2. The predicted octanol–water partition coefficient (Wildman–Crippen LogP) is 2.52. The number of aromatic amines is 1. The van der Waals surface area contributed by atoms with Crippen LogP contribution in [0.25, 0.3) is 17.0 Å². The summed E-state index contributed by atoms with van der Waals surface area (Å²) in [5.74, 6) is -0.0999. The molecule has 0 spiro atoms. The van der Waals surface area contributed by atoms with E-state index in [0.717, 1.165) is 22.0 Å². The van der Waals surface area contributed by atoms with Crippen LogP contribution in [0.3, 0.4) is 0 Å². The van der Waals surface area contributed by atoms with Crippen LogP contribution >= 0.6 is 0 Å². The number of amides is 1. The second kappa shape index (κ2) is 7.57. The zero-order valence-corrected chi connectivity index (χ0v) is 13.8. The molecule has 0 unspecified atom stereocenters. The zero-order valence-electron chi connectivity index (χ0n) is 13.8. The van der Waals surface area contributed by atoms with Gasteiger partial charge in [0.05, 0.1) is 6.04 Å². The molecular formula is C20H18N2O4. The molecule has 0 saturated carbocycles. The largest absolute Gasteiger partial charge is 0.508 e. The molecular weight excluding hydrogens is 332 g/mol. The van der Waals surface area contributed by atoms with Crippen LogP contribution in [0.2, 0.25) is 0 Å². The Morgan fingerprint density at radius 3 is 2.58 bits per heavy atom. The van der Waals surface area contributed by atoms with Crippen molar-refractivity contribution in [1.29, 1.82) is 0 Å². The minimum absolute atomic E-state index is 0.141. The maximum atomic E-state index is 12.0. The molecule has 0 aliphatic heterocycles. The summed E-state index contributed by atoms with van der Waals surface area (Å²) >= 11 is 0. The van der Waals surface area contributed by atoms with Crippen molar-refractivity contribution in [2.45, 2.75) is 12.5 Å². The minimum Gasteiger partial charge on any atom is -0.508 e. The number of carbonyl (C=O) groups is 2. The van der Waals surface area contributed by atoms with Gasteiger partial charge in [-0.25, -0.2) is 0 Å². The molecule has 1 heterocycles. The number of aromatic hydroxyl groups is 2. The molecule has 132 valence electrons. The van der Waals surface area contributed by atoms with E-state index in [-0.39, 0.29) is 11.5 Å². The quantitative estimate of drug-likeness (QED) is 0.405. The highest BCUT2D eigenvalue weighted by Crippen LogP contribution is 2.23. The van der Waals surface area contributed by atoms with E-state index in [9.17, 15) is 19.8 Å². The third kappa shape index (κ3) is 4.10. The molecule has 1 amide bonds. The summed E-state index contributed by atoms with van der Waals surface area (Å²) in [6, 6.07) is 10.7. The van der Waals surface area contributed by atoms with Crippen LogP contribution < -0.4 is 5.32 Å². The molecule has 6 heteroatoms. The standard InChI is InChI=1S/C20H18N2O4/c23-12-15(9-14-11-21-19-7-6-17(25)10-18(14)19)22-20(26)8-3-13-1-4-16(24)5-2-13/h1-8,10-12,15,21,24-25H,9H2,(H,22,26)/b8-3+/t15-/m0/s1. The van der Waals surface area contributed by atoms with Crippen LogP contribution in [0.5, 0.6) is 11.5 Å². The fourth-order valence-corrected chi connectivity index (χ4v) is 2.69. The lowest BCUT2D eigenvalue weighted by molar-refractivity contribution is -0.120. The Bertz CT molecular complexity index is 958. The van der Waals surface area contributed by atoms with Crippen molar-refractivity contribution in [1.82, 2.24) is 10.3 Å². The zero-order chi connectivity index (χ0) is 18.5. The lowest BCUT2D eigenvalue weighted by Gasteiger charge is -2.10. The van der Waals surface area contributed by atoms with E-state index in [1.807, 2.05) is 0 Å². The molecule has 0 bridgehead atoms. The minimum atomic E-state index is -0.687. The van der Waals surface area contributed by atoms with Crippen molar-refractivity contribution < 1.29 is 19.8 Å². The summed E-state index contributed by atoms with van der Waals surface area (Å²) in [6.45, 7) is 0. The highest BCUT2D eigenvalue weighted by atomic mass is 16.3. The van der Waals surface area contributed by atoms with Gasteiger partial charge >= 0.3 is 0 Å². The Kier molecular flexibility index (Phi) is 5.03. The first-order chi connectivity index (χ1) is 12.5. The Balaban J connectivity index is 1.66. The Labute approximate surface area is 149 Å². The number of fused-ring (bicyclic) bond motifs is 1. The fraction of sp³-hybridized carbons (Fsp3) is 0.100. The lowest BCUT2D eigenvalue weighted by atomic mass is 10.1. The van der Waals surface area contributed by atoms with Crippen molar-refractivity contribution in [2.75, 3.05) is 0 Å². The van der Waals surface area contributed by atoms with Gasteiger partial charge in [-0.1, -0.05) is 12.1 Å². The van der Waals surface area contributed by atoms with E-state index in [2.05, 4.69) is 10.3 Å². The summed E-state index contributed by atoms with van der Waals surface area (Å²) in [5, 5.41) is 22.3. The van der Waals surface area contributed by atoms with Gasteiger partial charge in [-0.3, -0.25) is 4.79 Å². The van der Waals surface area contributed by atoms with Gasteiger partial charge in [0.25, 0.3) is 0 Å². The summed E-state index contributed by atoms with van der Waals surface area (Å²) in [4.78, 5) is 26.5. The number of aromatic nitrogens is 1. The average molecular weight is 350 g/mol. The van der Waals surface area contributed by atoms with Crippen LogP contribution in [-0.2, 0) is 16.0 Å². The average Bonchev–Trinajstić information content (AvgIpc) is 3.02. The first kappa shape index (κ1) is 17.3. The van der Waals surface area contributed by atoms with Crippen molar-refractivity contribution >= 4 is 29.2 Å². The topological polar surface area (TPSA) is 102 Å². The number of hydrogen-bond donors (Lipinski definition) is 4. The predicted molar refractivity (Wildman–Crippen MR) is 98.8 cm³/mol. The van der Waals surface area contributed by atoms with E-state index < -0.39 is 11.9 Å². The second-order valence-electron chi connectivity index (χ2n) is 5.92. The fourth-order valence-electron chi connectivity index (χ4n) is 2.69. The Morgan fingerprint density at radius 1 is 1.12 bits per heavy atom. The van der Waals surface area contributed by atoms with E-state index in [1.165, 1.54) is 18.2 Å². The molecule has 0 aliphatic carbocycles. The number of H-pyrrole nitrogens is 1. The first-order valence-corrected chi connectivity index (χ1v) is 8.07. The molecule has 0 radical (unpaired) electrons. The smallest absolute Gasteiger partial charge is 0.244 e. The molecule has 0 aliphatic rings. The maximum Gasteiger partial charge on any atom is 0.244 e. The van der Waals surface area contributed by atoms with Gasteiger partial charge in [-0.05, 0) is 47.5 Å². The van der Waals surface area contributed by atoms with Crippen LogP contribution in [0.15, 0.2) is 54.7 Å². The molecule has 6 nitrogen and oxygen atoms in total. The second-order valence-corrected chi connectivity index (χ2v) is 5.92. The Morgan fingerprint density at radius 2 is 1.85 bits per heavy atom. The van der Waals surface area contributed by atoms with Crippen molar-refractivity contribution in [3.05, 3.63) is 65.9 Å².